The van der Waals surface area contributed by atoms with Gasteiger partial charge >= 0.3 is 0 Å². The summed E-state index contributed by atoms with van der Waals surface area (Å²) in [7, 11) is -1.89. The molecule has 1 aliphatic rings. The predicted molar refractivity (Wildman–Crippen MR) is 114 cm³/mol. The summed E-state index contributed by atoms with van der Waals surface area (Å²) in [5.74, 6) is -0.192. The monoisotopic (exact) mass is 401 g/mol. The van der Waals surface area contributed by atoms with E-state index >= 15 is 0 Å². The Morgan fingerprint density at radius 3 is 2.75 bits per heavy atom. The Hall–Kier alpha value is -2.54. The molecule has 7 heteroatoms. The van der Waals surface area contributed by atoms with Gasteiger partial charge in [0.15, 0.2) is 0 Å². The highest BCUT2D eigenvalue weighted by molar-refractivity contribution is 7.92. The number of para-hydroxylation sites is 1. The van der Waals surface area contributed by atoms with Gasteiger partial charge in [0.1, 0.15) is 0 Å². The SMILES string of the molecule is CN(c1cccc(C(=O)NCCCN2CCCc3ccccc32)c1)S(C)(=O)=O. The molecule has 0 fully saturated rings. The van der Waals surface area contributed by atoms with Crippen LogP contribution in [0.15, 0.2) is 48.5 Å². The zero-order valence-corrected chi connectivity index (χ0v) is 17.2. The molecule has 0 unspecified atom stereocenters. The highest BCUT2D eigenvalue weighted by Gasteiger charge is 2.16. The highest BCUT2D eigenvalue weighted by Crippen LogP contribution is 2.26. The lowest BCUT2D eigenvalue weighted by atomic mass is 10.0. The van der Waals surface area contributed by atoms with Crippen molar-refractivity contribution in [3.05, 3.63) is 59.7 Å². The third-order valence-corrected chi connectivity index (χ3v) is 6.27. The Morgan fingerprint density at radius 1 is 1.18 bits per heavy atom. The van der Waals surface area contributed by atoms with Crippen LogP contribution in [-0.4, -0.2) is 47.3 Å². The van der Waals surface area contributed by atoms with E-state index in [4.69, 9.17) is 0 Å². The molecule has 0 bridgehead atoms. The van der Waals surface area contributed by atoms with Crippen molar-refractivity contribution in [1.82, 2.24) is 5.32 Å². The van der Waals surface area contributed by atoms with Crippen molar-refractivity contribution in [3.8, 4) is 0 Å². The average molecular weight is 402 g/mol. The summed E-state index contributed by atoms with van der Waals surface area (Å²) < 4.78 is 24.5. The smallest absolute Gasteiger partial charge is 0.251 e. The van der Waals surface area contributed by atoms with E-state index in [-0.39, 0.29) is 5.91 Å². The van der Waals surface area contributed by atoms with Crippen LogP contribution in [0.1, 0.15) is 28.8 Å². The molecule has 3 rings (SSSR count). The van der Waals surface area contributed by atoms with Crippen LogP contribution in [0.2, 0.25) is 0 Å². The maximum absolute atomic E-state index is 12.4. The van der Waals surface area contributed by atoms with E-state index in [1.165, 1.54) is 18.3 Å². The number of hydrogen-bond acceptors (Lipinski definition) is 4. The summed E-state index contributed by atoms with van der Waals surface area (Å²) in [5, 5.41) is 2.93. The largest absolute Gasteiger partial charge is 0.371 e. The molecule has 0 aliphatic carbocycles. The van der Waals surface area contributed by atoms with E-state index in [1.54, 1.807) is 24.3 Å². The van der Waals surface area contributed by atoms with E-state index < -0.39 is 10.0 Å². The summed E-state index contributed by atoms with van der Waals surface area (Å²) in [4.78, 5) is 14.8. The maximum atomic E-state index is 12.4. The van der Waals surface area contributed by atoms with Crippen molar-refractivity contribution in [2.24, 2.45) is 0 Å². The zero-order valence-electron chi connectivity index (χ0n) is 16.4. The Balaban J connectivity index is 1.53. The van der Waals surface area contributed by atoms with Crippen LogP contribution in [0, 0.1) is 0 Å². The first-order chi connectivity index (χ1) is 13.4. The molecule has 2 aromatic carbocycles. The number of nitrogens with zero attached hydrogens (tertiary/aromatic N) is 2. The van der Waals surface area contributed by atoms with Crippen molar-refractivity contribution in [2.75, 3.05) is 42.1 Å². The molecule has 0 aromatic heterocycles. The Bertz CT molecular complexity index is 943. The van der Waals surface area contributed by atoms with Crippen LogP contribution >= 0.6 is 0 Å². The minimum atomic E-state index is -3.36. The van der Waals surface area contributed by atoms with Gasteiger partial charge in [-0.1, -0.05) is 24.3 Å². The quantitative estimate of drug-likeness (QED) is 0.724. The Morgan fingerprint density at radius 2 is 1.96 bits per heavy atom. The molecule has 0 radical (unpaired) electrons. The van der Waals surface area contributed by atoms with Gasteiger partial charge in [0.05, 0.1) is 11.9 Å². The van der Waals surface area contributed by atoms with Crippen molar-refractivity contribution >= 4 is 27.3 Å². The van der Waals surface area contributed by atoms with Gasteiger partial charge in [0.2, 0.25) is 10.0 Å². The molecule has 1 amide bonds. The van der Waals surface area contributed by atoms with Crippen molar-refractivity contribution in [2.45, 2.75) is 19.3 Å². The fourth-order valence-corrected chi connectivity index (χ4v) is 3.95. The first kappa shape index (κ1) is 20.2. The van der Waals surface area contributed by atoms with E-state index in [2.05, 4.69) is 34.5 Å². The molecule has 2 aromatic rings. The topological polar surface area (TPSA) is 69.7 Å². The molecule has 6 nitrogen and oxygen atoms in total. The number of hydrogen-bond donors (Lipinski definition) is 1. The summed E-state index contributed by atoms with van der Waals surface area (Å²) >= 11 is 0. The lowest BCUT2D eigenvalue weighted by Crippen LogP contribution is -2.33. The summed E-state index contributed by atoms with van der Waals surface area (Å²) in [6.07, 6.45) is 4.27. The van der Waals surface area contributed by atoms with Crippen LogP contribution in [0.3, 0.4) is 0 Å². The molecule has 28 heavy (non-hydrogen) atoms. The minimum absolute atomic E-state index is 0.192. The summed E-state index contributed by atoms with van der Waals surface area (Å²) in [5.41, 5.74) is 3.62. The first-order valence-electron chi connectivity index (χ1n) is 9.51. The molecular formula is C21H27N3O3S. The van der Waals surface area contributed by atoms with Gasteiger partial charge in [0.25, 0.3) is 5.91 Å². The van der Waals surface area contributed by atoms with Crippen molar-refractivity contribution in [1.29, 1.82) is 0 Å². The van der Waals surface area contributed by atoms with E-state index in [0.29, 0.717) is 17.8 Å². The number of aryl methyl sites for hydroxylation is 1. The molecule has 1 heterocycles. The second-order valence-electron chi connectivity index (χ2n) is 7.11. The number of sulfonamides is 1. The number of fused-ring (bicyclic) bond motifs is 1. The Labute approximate surface area is 167 Å². The third kappa shape index (κ3) is 4.84. The number of nitrogens with one attached hydrogen (secondary N) is 1. The number of rotatable bonds is 7. The number of amides is 1. The van der Waals surface area contributed by atoms with Crippen LogP contribution in [0.4, 0.5) is 11.4 Å². The number of carbonyl (C=O) groups excluding carboxylic acids is 1. The third-order valence-electron chi connectivity index (χ3n) is 5.07. The van der Waals surface area contributed by atoms with E-state index in [9.17, 15) is 13.2 Å². The summed E-state index contributed by atoms with van der Waals surface area (Å²) in [6, 6.07) is 15.1. The van der Waals surface area contributed by atoms with Gasteiger partial charge in [-0.3, -0.25) is 9.10 Å². The van der Waals surface area contributed by atoms with Gasteiger partial charge in [-0.15, -0.1) is 0 Å². The predicted octanol–water partition coefficient (Wildman–Crippen LogP) is 2.66. The fourth-order valence-electron chi connectivity index (χ4n) is 3.45. The van der Waals surface area contributed by atoms with Crippen LogP contribution < -0.4 is 14.5 Å². The lowest BCUT2D eigenvalue weighted by molar-refractivity contribution is 0.0953. The van der Waals surface area contributed by atoms with Gasteiger partial charge in [-0.05, 0) is 49.1 Å². The average Bonchev–Trinajstić information content (AvgIpc) is 2.70. The van der Waals surface area contributed by atoms with Gasteiger partial charge < -0.3 is 10.2 Å². The second-order valence-corrected chi connectivity index (χ2v) is 9.12. The molecule has 0 saturated heterocycles. The van der Waals surface area contributed by atoms with Gasteiger partial charge in [0, 0.05) is 37.9 Å². The van der Waals surface area contributed by atoms with Gasteiger partial charge in [-0.25, -0.2) is 8.42 Å². The van der Waals surface area contributed by atoms with Gasteiger partial charge in [-0.2, -0.15) is 0 Å². The molecule has 0 spiro atoms. The van der Waals surface area contributed by atoms with E-state index in [1.807, 2.05) is 0 Å². The maximum Gasteiger partial charge on any atom is 0.251 e. The van der Waals surface area contributed by atoms with Crippen molar-refractivity contribution in [3.63, 3.8) is 0 Å². The second kappa shape index (κ2) is 8.65. The van der Waals surface area contributed by atoms with Crippen LogP contribution in [0.25, 0.3) is 0 Å². The molecule has 1 aliphatic heterocycles. The molecule has 1 N–H and O–H groups in total. The number of benzene rings is 2. The van der Waals surface area contributed by atoms with Crippen LogP contribution in [0.5, 0.6) is 0 Å². The lowest BCUT2D eigenvalue weighted by Gasteiger charge is -2.31. The number of anilines is 2. The molecular weight excluding hydrogens is 374 g/mol. The standard InChI is InChI=1S/C21H27N3O3S/c1-23(28(2,26)27)19-11-5-9-18(16-19)21(25)22-13-7-15-24-14-6-10-17-8-3-4-12-20(17)24/h3-5,8-9,11-12,16H,6-7,10,13-15H2,1-2H3,(H,22,25). The minimum Gasteiger partial charge on any atom is -0.371 e. The normalized spacial score (nSPS) is 13.7. The number of carbonyl (C=O) groups is 1. The summed E-state index contributed by atoms with van der Waals surface area (Å²) in [6.45, 7) is 2.52. The van der Waals surface area contributed by atoms with Crippen molar-refractivity contribution < 1.29 is 13.2 Å². The zero-order chi connectivity index (χ0) is 20.1. The highest BCUT2D eigenvalue weighted by atomic mass is 32.2. The van der Waals surface area contributed by atoms with E-state index in [0.717, 1.165) is 42.9 Å². The molecule has 0 atom stereocenters. The molecule has 0 saturated carbocycles. The molecule has 150 valence electrons. The first-order valence-corrected chi connectivity index (χ1v) is 11.4. The Kier molecular flexibility index (Phi) is 6.24. The fraction of sp³-hybridized carbons (Fsp3) is 0.381. The van der Waals surface area contributed by atoms with Crippen LogP contribution in [-0.2, 0) is 16.4 Å².